The minimum Gasteiger partial charge on any atom is -0.366 e. The van der Waals surface area contributed by atoms with Gasteiger partial charge in [-0.3, -0.25) is 4.79 Å². The highest BCUT2D eigenvalue weighted by atomic mass is 16.5. The second kappa shape index (κ2) is 5.98. The molecule has 1 aliphatic rings. The van der Waals surface area contributed by atoms with E-state index in [2.05, 4.69) is 29.7 Å². The number of amides is 1. The van der Waals surface area contributed by atoms with Gasteiger partial charge < -0.3 is 15.4 Å². The monoisotopic (exact) mass is 248 g/mol. The summed E-state index contributed by atoms with van der Waals surface area (Å²) in [5.41, 5.74) is 2.33. The van der Waals surface area contributed by atoms with Crippen molar-refractivity contribution in [1.29, 1.82) is 0 Å². The number of benzene rings is 1. The molecule has 1 amide bonds. The first-order valence-electron chi connectivity index (χ1n) is 6.36. The summed E-state index contributed by atoms with van der Waals surface area (Å²) in [7, 11) is 0. The summed E-state index contributed by atoms with van der Waals surface area (Å²) in [4.78, 5) is 12.0. The quantitative estimate of drug-likeness (QED) is 0.844. The normalized spacial score (nSPS) is 21.3. The van der Waals surface area contributed by atoms with E-state index in [4.69, 9.17) is 4.74 Å². The molecule has 0 aromatic heterocycles. The molecule has 0 bridgehead atoms. The Balaban J connectivity index is 1.91. The van der Waals surface area contributed by atoms with Crippen LogP contribution in [0.25, 0.3) is 0 Å². The fourth-order valence-corrected chi connectivity index (χ4v) is 1.98. The fourth-order valence-electron chi connectivity index (χ4n) is 1.98. The molecule has 4 heteroatoms. The molecule has 0 radical (unpaired) electrons. The number of morpholine rings is 1. The van der Waals surface area contributed by atoms with Gasteiger partial charge in [-0.25, -0.2) is 0 Å². The maximum Gasteiger partial charge on any atom is 0.250 e. The summed E-state index contributed by atoms with van der Waals surface area (Å²) >= 11 is 0. The van der Waals surface area contributed by atoms with Gasteiger partial charge in [0.25, 0.3) is 5.91 Å². The number of ether oxygens (including phenoxy) is 1. The molecule has 18 heavy (non-hydrogen) atoms. The molecule has 4 nitrogen and oxygen atoms in total. The lowest BCUT2D eigenvalue weighted by Crippen LogP contribution is -2.48. The number of hydrogen-bond donors (Lipinski definition) is 2. The van der Waals surface area contributed by atoms with Crippen LogP contribution in [0.4, 0.5) is 0 Å². The Morgan fingerprint density at radius 3 is 2.78 bits per heavy atom. The molecule has 1 heterocycles. The van der Waals surface area contributed by atoms with Gasteiger partial charge in [-0.2, -0.15) is 0 Å². The van der Waals surface area contributed by atoms with Crippen molar-refractivity contribution in [3.63, 3.8) is 0 Å². The highest BCUT2D eigenvalue weighted by molar-refractivity contribution is 5.81. The second-order valence-corrected chi connectivity index (χ2v) is 4.70. The zero-order valence-corrected chi connectivity index (χ0v) is 10.9. The molecule has 1 unspecified atom stereocenters. The smallest absolute Gasteiger partial charge is 0.250 e. The molecule has 1 aromatic rings. The molecule has 98 valence electrons. The Hall–Kier alpha value is -1.39. The van der Waals surface area contributed by atoms with Gasteiger partial charge in [-0.05, 0) is 19.4 Å². The van der Waals surface area contributed by atoms with Gasteiger partial charge in [-0.15, -0.1) is 0 Å². The number of rotatable bonds is 3. The molecule has 0 spiro atoms. The minimum atomic E-state index is -0.369. The summed E-state index contributed by atoms with van der Waals surface area (Å²) in [5, 5.41) is 6.13. The molecular weight excluding hydrogens is 228 g/mol. The number of carbonyl (C=O) groups is 1. The minimum absolute atomic E-state index is 0.00336. The first-order chi connectivity index (χ1) is 8.66. The predicted molar refractivity (Wildman–Crippen MR) is 70.3 cm³/mol. The van der Waals surface area contributed by atoms with Crippen LogP contribution in [-0.4, -0.2) is 31.7 Å². The van der Waals surface area contributed by atoms with Crippen LogP contribution < -0.4 is 10.6 Å². The predicted octanol–water partition coefficient (Wildman–Crippen LogP) is 1.16. The van der Waals surface area contributed by atoms with Crippen molar-refractivity contribution in [3.8, 4) is 0 Å². The third-order valence-corrected chi connectivity index (χ3v) is 3.16. The van der Waals surface area contributed by atoms with E-state index in [1.165, 1.54) is 5.56 Å². The average molecular weight is 248 g/mol. The lowest BCUT2D eigenvalue weighted by Gasteiger charge is -2.24. The number of nitrogens with one attached hydrogen (secondary N) is 2. The summed E-state index contributed by atoms with van der Waals surface area (Å²) in [6, 6.07) is 8.19. The first-order valence-corrected chi connectivity index (χ1v) is 6.36. The average Bonchev–Trinajstić information content (AvgIpc) is 2.40. The number of hydrogen-bond acceptors (Lipinski definition) is 3. The van der Waals surface area contributed by atoms with E-state index in [0.29, 0.717) is 13.2 Å². The Morgan fingerprint density at radius 2 is 2.17 bits per heavy atom. The van der Waals surface area contributed by atoms with Gasteiger partial charge in [0, 0.05) is 13.1 Å². The third-order valence-electron chi connectivity index (χ3n) is 3.16. The molecule has 0 saturated carbocycles. The highest BCUT2D eigenvalue weighted by Crippen LogP contribution is 2.13. The van der Waals surface area contributed by atoms with E-state index in [1.807, 2.05) is 19.1 Å². The van der Waals surface area contributed by atoms with Crippen molar-refractivity contribution >= 4 is 5.91 Å². The molecule has 0 aliphatic carbocycles. The van der Waals surface area contributed by atoms with E-state index < -0.39 is 0 Å². The third kappa shape index (κ3) is 3.31. The van der Waals surface area contributed by atoms with Crippen molar-refractivity contribution < 1.29 is 9.53 Å². The van der Waals surface area contributed by atoms with Gasteiger partial charge in [0.05, 0.1) is 12.6 Å². The molecule has 1 saturated heterocycles. The van der Waals surface area contributed by atoms with Crippen LogP contribution in [0.1, 0.15) is 24.1 Å². The SMILES string of the molecule is Cc1ccc([C@H](C)NC(=O)C2CNCCO2)cc1. The maximum absolute atomic E-state index is 12.0. The zero-order chi connectivity index (χ0) is 13.0. The summed E-state index contributed by atoms with van der Waals surface area (Å²) in [6.45, 7) is 6.04. The molecule has 1 fully saturated rings. The van der Waals surface area contributed by atoms with Crippen molar-refractivity contribution in [2.45, 2.75) is 26.0 Å². The molecular formula is C14H20N2O2. The van der Waals surface area contributed by atoms with E-state index in [1.54, 1.807) is 0 Å². The molecule has 2 N–H and O–H groups in total. The zero-order valence-electron chi connectivity index (χ0n) is 10.9. The van der Waals surface area contributed by atoms with E-state index in [-0.39, 0.29) is 18.1 Å². The Labute approximate surface area is 108 Å². The molecule has 1 aliphatic heterocycles. The van der Waals surface area contributed by atoms with E-state index >= 15 is 0 Å². The van der Waals surface area contributed by atoms with Gasteiger partial charge in [-0.1, -0.05) is 29.8 Å². The number of aryl methyl sites for hydroxylation is 1. The Kier molecular flexibility index (Phi) is 4.33. The van der Waals surface area contributed by atoms with Crippen LogP contribution in [0.5, 0.6) is 0 Å². The lowest BCUT2D eigenvalue weighted by atomic mass is 10.1. The number of carbonyl (C=O) groups excluding carboxylic acids is 1. The summed E-state index contributed by atoms with van der Waals surface area (Å²) in [5.74, 6) is -0.0460. The van der Waals surface area contributed by atoms with Crippen molar-refractivity contribution in [2.24, 2.45) is 0 Å². The van der Waals surface area contributed by atoms with Gasteiger partial charge in [0.1, 0.15) is 6.10 Å². The van der Waals surface area contributed by atoms with Gasteiger partial charge in [0.2, 0.25) is 0 Å². The van der Waals surface area contributed by atoms with Crippen molar-refractivity contribution in [1.82, 2.24) is 10.6 Å². The highest BCUT2D eigenvalue weighted by Gasteiger charge is 2.23. The van der Waals surface area contributed by atoms with Crippen LogP contribution in [0.15, 0.2) is 24.3 Å². The second-order valence-electron chi connectivity index (χ2n) is 4.70. The van der Waals surface area contributed by atoms with Crippen LogP contribution in [0, 0.1) is 6.92 Å². The standard InChI is InChI=1S/C14H20N2O2/c1-10-3-5-12(6-4-10)11(2)16-14(17)13-9-15-7-8-18-13/h3-6,11,13,15H,7-9H2,1-2H3,(H,16,17)/t11-,13?/m0/s1. The topological polar surface area (TPSA) is 50.4 Å². The van der Waals surface area contributed by atoms with E-state index in [9.17, 15) is 4.79 Å². The van der Waals surface area contributed by atoms with Crippen molar-refractivity contribution in [3.05, 3.63) is 35.4 Å². The molecule has 1 aromatic carbocycles. The largest absolute Gasteiger partial charge is 0.366 e. The van der Waals surface area contributed by atoms with Crippen LogP contribution in [0.2, 0.25) is 0 Å². The fraction of sp³-hybridized carbons (Fsp3) is 0.500. The molecule has 2 rings (SSSR count). The lowest BCUT2D eigenvalue weighted by molar-refractivity contribution is -0.134. The Morgan fingerprint density at radius 1 is 1.44 bits per heavy atom. The molecule has 2 atom stereocenters. The van der Waals surface area contributed by atoms with Gasteiger partial charge >= 0.3 is 0 Å². The van der Waals surface area contributed by atoms with Crippen LogP contribution in [-0.2, 0) is 9.53 Å². The van der Waals surface area contributed by atoms with E-state index in [0.717, 1.165) is 12.1 Å². The Bertz CT molecular complexity index is 397. The van der Waals surface area contributed by atoms with Gasteiger partial charge in [0.15, 0.2) is 0 Å². The maximum atomic E-state index is 12.0. The van der Waals surface area contributed by atoms with Crippen LogP contribution >= 0.6 is 0 Å². The van der Waals surface area contributed by atoms with Crippen molar-refractivity contribution in [2.75, 3.05) is 19.7 Å². The van der Waals surface area contributed by atoms with Crippen LogP contribution in [0.3, 0.4) is 0 Å². The first kappa shape index (κ1) is 13.1. The summed E-state index contributed by atoms with van der Waals surface area (Å²) in [6.07, 6.45) is -0.369. The summed E-state index contributed by atoms with van der Waals surface area (Å²) < 4.78 is 5.42.